The molecule has 0 spiro atoms. The van der Waals surface area contributed by atoms with Crippen molar-refractivity contribution in [1.82, 2.24) is 4.90 Å². The number of carboxylic acid groups (broad SMARTS) is 1. The van der Waals surface area contributed by atoms with E-state index < -0.39 is 5.97 Å². The van der Waals surface area contributed by atoms with E-state index in [0.29, 0.717) is 23.2 Å². The first-order valence-electron chi connectivity index (χ1n) is 6.35. The summed E-state index contributed by atoms with van der Waals surface area (Å²) < 4.78 is 5.10. The van der Waals surface area contributed by atoms with E-state index in [1.807, 2.05) is 23.1 Å². The van der Waals surface area contributed by atoms with Gasteiger partial charge in [-0.3, -0.25) is 9.69 Å². The number of hydrogen-bond donors (Lipinski definition) is 1. The monoisotopic (exact) mass is 283 g/mol. The van der Waals surface area contributed by atoms with Gasteiger partial charge in [0.1, 0.15) is 5.75 Å². The molecule has 0 bridgehead atoms. The molecule has 0 amide bonds. The predicted octanol–water partition coefficient (Wildman–Crippen LogP) is 2.65. The van der Waals surface area contributed by atoms with E-state index in [1.54, 1.807) is 7.11 Å². The highest BCUT2D eigenvalue weighted by Gasteiger charge is 2.25. The molecular formula is C14H18ClNO3. The van der Waals surface area contributed by atoms with Crippen LogP contribution in [-0.2, 0) is 11.3 Å². The third-order valence-electron chi connectivity index (χ3n) is 3.19. The fourth-order valence-corrected chi connectivity index (χ4v) is 2.39. The van der Waals surface area contributed by atoms with E-state index in [1.165, 1.54) is 12.8 Å². The highest BCUT2D eigenvalue weighted by Crippen LogP contribution is 2.31. The molecule has 0 atom stereocenters. The first kappa shape index (κ1) is 14.2. The number of rotatable bonds is 7. The zero-order valence-electron chi connectivity index (χ0n) is 10.9. The molecule has 1 aromatic rings. The smallest absolute Gasteiger partial charge is 0.317 e. The van der Waals surface area contributed by atoms with Gasteiger partial charge in [0.25, 0.3) is 0 Å². The molecule has 1 saturated carbocycles. The third kappa shape index (κ3) is 4.40. The average molecular weight is 284 g/mol. The Kier molecular flexibility index (Phi) is 4.66. The minimum absolute atomic E-state index is 0.0696. The molecule has 0 aliphatic heterocycles. The fraction of sp³-hybridized carbons (Fsp3) is 0.500. The zero-order valence-corrected chi connectivity index (χ0v) is 11.7. The normalized spacial score (nSPS) is 14.7. The van der Waals surface area contributed by atoms with Gasteiger partial charge in [-0.2, -0.15) is 0 Å². The topological polar surface area (TPSA) is 49.8 Å². The summed E-state index contributed by atoms with van der Waals surface area (Å²) in [4.78, 5) is 12.8. The number of halogens is 1. The second-order valence-electron chi connectivity index (χ2n) is 4.98. The van der Waals surface area contributed by atoms with Crippen molar-refractivity contribution < 1.29 is 14.6 Å². The SMILES string of the molecule is COc1ccc(CN(CC(=O)O)CC2CC2)cc1Cl. The van der Waals surface area contributed by atoms with Crippen LogP contribution in [-0.4, -0.2) is 36.2 Å². The van der Waals surface area contributed by atoms with E-state index in [9.17, 15) is 4.79 Å². The number of hydrogen-bond acceptors (Lipinski definition) is 3. The van der Waals surface area contributed by atoms with Crippen molar-refractivity contribution in [1.29, 1.82) is 0 Å². The molecule has 0 radical (unpaired) electrons. The Morgan fingerprint density at radius 2 is 2.26 bits per heavy atom. The summed E-state index contributed by atoms with van der Waals surface area (Å²) in [5.74, 6) is 0.505. The summed E-state index contributed by atoms with van der Waals surface area (Å²) >= 11 is 6.08. The van der Waals surface area contributed by atoms with E-state index in [-0.39, 0.29) is 6.54 Å². The van der Waals surface area contributed by atoms with Crippen LogP contribution in [0.2, 0.25) is 5.02 Å². The van der Waals surface area contributed by atoms with Crippen molar-refractivity contribution in [2.45, 2.75) is 19.4 Å². The number of benzene rings is 1. The second-order valence-corrected chi connectivity index (χ2v) is 5.38. The first-order chi connectivity index (χ1) is 9.08. The van der Waals surface area contributed by atoms with Gasteiger partial charge >= 0.3 is 5.97 Å². The molecule has 1 N–H and O–H groups in total. The van der Waals surface area contributed by atoms with Crippen molar-refractivity contribution >= 4 is 17.6 Å². The largest absolute Gasteiger partial charge is 0.495 e. The number of ether oxygens (including phenoxy) is 1. The van der Waals surface area contributed by atoms with Crippen LogP contribution < -0.4 is 4.74 Å². The summed E-state index contributed by atoms with van der Waals surface area (Å²) in [6, 6.07) is 5.57. The molecule has 1 aliphatic carbocycles. The Balaban J connectivity index is 2.02. The maximum Gasteiger partial charge on any atom is 0.317 e. The van der Waals surface area contributed by atoms with Crippen molar-refractivity contribution in [3.63, 3.8) is 0 Å². The second kappa shape index (κ2) is 6.26. The van der Waals surface area contributed by atoms with Crippen LogP contribution in [0, 0.1) is 5.92 Å². The summed E-state index contributed by atoms with van der Waals surface area (Å²) in [5.41, 5.74) is 1.01. The van der Waals surface area contributed by atoms with Gasteiger partial charge in [-0.05, 0) is 36.5 Å². The molecule has 2 rings (SSSR count). The Labute approximate surface area is 117 Å². The Hall–Kier alpha value is -1.26. The highest BCUT2D eigenvalue weighted by molar-refractivity contribution is 6.32. The molecule has 104 valence electrons. The lowest BCUT2D eigenvalue weighted by Gasteiger charge is -2.20. The molecule has 19 heavy (non-hydrogen) atoms. The number of methoxy groups -OCH3 is 1. The number of carboxylic acids is 1. The molecule has 4 nitrogen and oxygen atoms in total. The van der Waals surface area contributed by atoms with Gasteiger partial charge in [-0.15, -0.1) is 0 Å². The standard InChI is InChI=1S/C14H18ClNO3/c1-19-13-5-4-11(6-12(13)15)8-16(9-14(17)18)7-10-2-3-10/h4-6,10H,2-3,7-9H2,1H3,(H,17,18). The van der Waals surface area contributed by atoms with Gasteiger partial charge < -0.3 is 9.84 Å². The summed E-state index contributed by atoms with van der Waals surface area (Å²) in [5, 5.41) is 9.50. The highest BCUT2D eigenvalue weighted by atomic mass is 35.5. The summed E-state index contributed by atoms with van der Waals surface area (Å²) in [7, 11) is 1.57. The molecule has 1 aromatic carbocycles. The van der Waals surface area contributed by atoms with Crippen molar-refractivity contribution in [3.05, 3.63) is 28.8 Å². The minimum Gasteiger partial charge on any atom is -0.495 e. The van der Waals surface area contributed by atoms with Crippen LogP contribution in [0.15, 0.2) is 18.2 Å². The number of nitrogens with zero attached hydrogens (tertiary/aromatic N) is 1. The summed E-state index contributed by atoms with van der Waals surface area (Å²) in [6.07, 6.45) is 2.42. The van der Waals surface area contributed by atoms with Gasteiger partial charge in [0.05, 0.1) is 18.7 Å². The zero-order chi connectivity index (χ0) is 13.8. The van der Waals surface area contributed by atoms with Crippen LogP contribution >= 0.6 is 11.6 Å². The molecule has 0 aromatic heterocycles. The number of aliphatic carboxylic acids is 1. The van der Waals surface area contributed by atoms with Gasteiger partial charge in [-0.25, -0.2) is 0 Å². The first-order valence-corrected chi connectivity index (χ1v) is 6.73. The van der Waals surface area contributed by atoms with E-state index in [2.05, 4.69) is 0 Å². The van der Waals surface area contributed by atoms with Crippen LogP contribution in [0.4, 0.5) is 0 Å². The van der Waals surface area contributed by atoms with Crippen LogP contribution in [0.25, 0.3) is 0 Å². The Morgan fingerprint density at radius 3 is 2.79 bits per heavy atom. The molecule has 0 unspecified atom stereocenters. The number of carbonyl (C=O) groups is 1. The van der Waals surface area contributed by atoms with E-state index in [0.717, 1.165) is 12.1 Å². The molecule has 1 aliphatic rings. The fourth-order valence-electron chi connectivity index (χ4n) is 2.11. The molecule has 5 heteroatoms. The van der Waals surface area contributed by atoms with Crippen molar-refractivity contribution in [2.24, 2.45) is 5.92 Å². The van der Waals surface area contributed by atoms with Gasteiger partial charge in [0.2, 0.25) is 0 Å². The maximum absolute atomic E-state index is 10.9. The van der Waals surface area contributed by atoms with Crippen molar-refractivity contribution in [2.75, 3.05) is 20.2 Å². The lowest BCUT2D eigenvalue weighted by atomic mass is 10.2. The summed E-state index contributed by atoms with van der Waals surface area (Å²) in [6.45, 7) is 1.52. The molecule has 0 heterocycles. The van der Waals surface area contributed by atoms with Crippen LogP contribution in [0.5, 0.6) is 5.75 Å². The van der Waals surface area contributed by atoms with Gasteiger partial charge in [0.15, 0.2) is 0 Å². The lowest BCUT2D eigenvalue weighted by molar-refractivity contribution is -0.138. The Morgan fingerprint density at radius 1 is 1.53 bits per heavy atom. The molecular weight excluding hydrogens is 266 g/mol. The predicted molar refractivity (Wildman–Crippen MR) is 73.6 cm³/mol. The van der Waals surface area contributed by atoms with Crippen LogP contribution in [0.3, 0.4) is 0 Å². The van der Waals surface area contributed by atoms with Crippen LogP contribution in [0.1, 0.15) is 18.4 Å². The average Bonchev–Trinajstić information content (AvgIpc) is 3.12. The van der Waals surface area contributed by atoms with Gasteiger partial charge in [0, 0.05) is 13.1 Å². The molecule has 0 saturated heterocycles. The molecule has 1 fully saturated rings. The third-order valence-corrected chi connectivity index (χ3v) is 3.49. The van der Waals surface area contributed by atoms with Crippen molar-refractivity contribution in [3.8, 4) is 5.75 Å². The quantitative estimate of drug-likeness (QED) is 0.836. The minimum atomic E-state index is -0.791. The Bertz CT molecular complexity index is 460. The van der Waals surface area contributed by atoms with E-state index in [4.69, 9.17) is 21.4 Å². The lowest BCUT2D eigenvalue weighted by Crippen LogP contribution is -2.31. The maximum atomic E-state index is 10.9. The van der Waals surface area contributed by atoms with Gasteiger partial charge in [-0.1, -0.05) is 17.7 Å². The van der Waals surface area contributed by atoms with E-state index >= 15 is 0 Å².